The average Bonchev–Trinajstić information content (AvgIpc) is 1.90. The minimum Gasteiger partial charge on any atom is -0.251 e. The number of rotatable bonds is 6. The molecule has 0 nitrogen and oxygen atoms in total. The van der Waals surface area contributed by atoms with Gasteiger partial charge in [-0.25, -0.2) is 0 Å². The minimum absolute atomic E-state index is 0. The molecule has 0 rings (SSSR count). The first-order valence-corrected chi connectivity index (χ1v) is 5.15. The molecular formula is C6H14Cl2F3P. The van der Waals surface area contributed by atoms with Crippen molar-refractivity contribution in [2.75, 3.05) is 38.5 Å². The van der Waals surface area contributed by atoms with Gasteiger partial charge in [-0.1, -0.05) is 7.92 Å². The Balaban J connectivity index is -0.000000405. The van der Waals surface area contributed by atoms with Crippen molar-refractivity contribution in [3.63, 3.8) is 0 Å². The molecule has 0 bridgehead atoms. The Morgan fingerprint density at radius 1 is 0.667 bits per heavy atom. The molecule has 6 heteroatoms. The molecule has 0 saturated heterocycles. The normalized spacial score (nSPS) is 9.00. The molecule has 0 unspecified atom stereocenters. The molecule has 0 aromatic heterocycles. The van der Waals surface area contributed by atoms with Gasteiger partial charge in [-0.3, -0.25) is 13.2 Å². The molecule has 0 saturated carbocycles. The Kier molecular flexibility index (Phi) is 22.2. The third kappa shape index (κ3) is 10.8. The van der Waals surface area contributed by atoms with Crippen LogP contribution in [-0.4, -0.2) is 38.5 Å². The molecule has 0 amide bonds. The number of hydrogen-bond donors (Lipinski definition) is 0. The standard InChI is InChI=1S/C6H12F3P.2ClH/c7-1-4-10(5-2-8)6-3-9;;/h1-6H2;2*1H. The Bertz CT molecular complexity index is 63.5. The van der Waals surface area contributed by atoms with E-state index in [0.717, 1.165) is 0 Å². The molecular weight excluding hydrogens is 231 g/mol. The van der Waals surface area contributed by atoms with E-state index in [-0.39, 0.29) is 24.8 Å². The molecule has 0 aliphatic rings. The summed E-state index contributed by atoms with van der Waals surface area (Å²) in [7, 11) is -0.686. The van der Waals surface area contributed by atoms with E-state index in [4.69, 9.17) is 0 Å². The third-order valence-electron chi connectivity index (χ3n) is 1.20. The monoisotopic (exact) mass is 244 g/mol. The highest BCUT2D eigenvalue weighted by molar-refractivity contribution is 7.57. The maximum Gasteiger partial charge on any atom is 0.0933 e. The first kappa shape index (κ1) is 18.6. The maximum absolute atomic E-state index is 11.7. The van der Waals surface area contributed by atoms with E-state index in [1.807, 2.05) is 0 Å². The van der Waals surface area contributed by atoms with E-state index < -0.39 is 27.9 Å². The quantitative estimate of drug-likeness (QED) is 0.630. The highest BCUT2D eigenvalue weighted by Gasteiger charge is 2.05. The van der Waals surface area contributed by atoms with E-state index in [1.54, 1.807) is 0 Å². The highest BCUT2D eigenvalue weighted by Crippen LogP contribution is 2.34. The van der Waals surface area contributed by atoms with E-state index >= 15 is 0 Å². The van der Waals surface area contributed by atoms with Gasteiger partial charge in [0.2, 0.25) is 0 Å². The van der Waals surface area contributed by atoms with Crippen molar-refractivity contribution in [2.45, 2.75) is 0 Å². The van der Waals surface area contributed by atoms with Gasteiger partial charge in [0.15, 0.2) is 0 Å². The summed E-state index contributed by atoms with van der Waals surface area (Å²) in [6.45, 7) is -1.32. The van der Waals surface area contributed by atoms with Crippen molar-refractivity contribution in [3.05, 3.63) is 0 Å². The van der Waals surface area contributed by atoms with Crippen LogP contribution in [0.5, 0.6) is 0 Å². The van der Waals surface area contributed by atoms with Crippen LogP contribution in [0.15, 0.2) is 0 Å². The molecule has 0 heterocycles. The van der Waals surface area contributed by atoms with Gasteiger partial charge in [-0.2, -0.15) is 0 Å². The summed E-state index contributed by atoms with van der Waals surface area (Å²) in [5.41, 5.74) is 0. The van der Waals surface area contributed by atoms with Gasteiger partial charge >= 0.3 is 0 Å². The van der Waals surface area contributed by atoms with Gasteiger partial charge in [0, 0.05) is 0 Å². The van der Waals surface area contributed by atoms with Crippen LogP contribution in [0.25, 0.3) is 0 Å². The fourth-order valence-corrected chi connectivity index (χ4v) is 2.08. The van der Waals surface area contributed by atoms with Gasteiger partial charge < -0.3 is 0 Å². The predicted octanol–water partition coefficient (Wildman–Crippen LogP) is 3.22. The lowest BCUT2D eigenvalue weighted by atomic mass is 10.9. The van der Waals surface area contributed by atoms with E-state index in [9.17, 15) is 13.2 Å². The molecule has 0 spiro atoms. The second-order valence-corrected chi connectivity index (χ2v) is 4.59. The Hall–Kier alpha value is 0.800. The summed E-state index contributed by atoms with van der Waals surface area (Å²) in [6.07, 6.45) is 1.09. The van der Waals surface area contributed by atoms with Crippen LogP contribution in [0.1, 0.15) is 0 Å². The largest absolute Gasteiger partial charge is 0.251 e. The van der Waals surface area contributed by atoms with Crippen LogP contribution in [0.4, 0.5) is 13.2 Å². The van der Waals surface area contributed by atoms with Crippen molar-refractivity contribution in [1.29, 1.82) is 0 Å². The first-order chi connectivity index (χ1) is 4.85. The second-order valence-electron chi connectivity index (χ2n) is 1.91. The molecule has 0 radical (unpaired) electrons. The van der Waals surface area contributed by atoms with Crippen molar-refractivity contribution in [3.8, 4) is 0 Å². The summed E-state index contributed by atoms with van der Waals surface area (Å²) in [5, 5.41) is 0. The molecule has 0 atom stereocenters. The van der Waals surface area contributed by atoms with E-state index in [0.29, 0.717) is 18.5 Å². The third-order valence-corrected chi connectivity index (χ3v) is 3.61. The topological polar surface area (TPSA) is 0 Å². The van der Waals surface area contributed by atoms with Crippen LogP contribution in [0.2, 0.25) is 0 Å². The van der Waals surface area contributed by atoms with Crippen LogP contribution in [0, 0.1) is 0 Å². The SMILES string of the molecule is Cl.Cl.FCCP(CCF)CCF. The van der Waals surface area contributed by atoms with Crippen LogP contribution >= 0.6 is 32.7 Å². The summed E-state index contributed by atoms with van der Waals surface area (Å²) >= 11 is 0. The lowest BCUT2D eigenvalue weighted by molar-refractivity contribution is 0.513. The zero-order valence-electron chi connectivity index (χ0n) is 6.64. The van der Waals surface area contributed by atoms with Crippen molar-refractivity contribution in [1.82, 2.24) is 0 Å². The minimum atomic E-state index is -0.686. The average molecular weight is 245 g/mol. The predicted molar refractivity (Wildman–Crippen MR) is 53.9 cm³/mol. The molecule has 0 N–H and O–H groups in total. The van der Waals surface area contributed by atoms with Crippen LogP contribution in [0.3, 0.4) is 0 Å². The van der Waals surface area contributed by atoms with Crippen molar-refractivity contribution < 1.29 is 13.2 Å². The maximum atomic E-state index is 11.7. The fourth-order valence-electron chi connectivity index (χ4n) is 0.694. The van der Waals surface area contributed by atoms with Crippen LogP contribution in [-0.2, 0) is 0 Å². The Morgan fingerprint density at radius 3 is 1.08 bits per heavy atom. The Labute approximate surface area is 84.9 Å². The first-order valence-electron chi connectivity index (χ1n) is 3.25. The number of halogens is 5. The molecule has 78 valence electrons. The molecule has 0 aliphatic carbocycles. The smallest absolute Gasteiger partial charge is 0.0933 e. The second kappa shape index (κ2) is 14.3. The van der Waals surface area contributed by atoms with E-state index in [2.05, 4.69) is 0 Å². The molecule has 12 heavy (non-hydrogen) atoms. The Morgan fingerprint density at radius 2 is 0.917 bits per heavy atom. The summed E-state index contributed by atoms with van der Waals surface area (Å²) in [6, 6.07) is 0. The summed E-state index contributed by atoms with van der Waals surface area (Å²) in [5.74, 6) is 0. The lowest BCUT2D eigenvalue weighted by Gasteiger charge is -2.10. The molecule has 0 aromatic rings. The molecule has 0 aromatic carbocycles. The number of hydrogen-bond acceptors (Lipinski definition) is 0. The fraction of sp³-hybridized carbons (Fsp3) is 1.00. The van der Waals surface area contributed by atoms with E-state index in [1.165, 1.54) is 0 Å². The van der Waals surface area contributed by atoms with Gasteiger partial charge in [-0.05, 0) is 18.5 Å². The molecule has 0 aliphatic heterocycles. The lowest BCUT2D eigenvalue weighted by Crippen LogP contribution is -1.99. The van der Waals surface area contributed by atoms with Gasteiger partial charge in [0.05, 0.1) is 20.0 Å². The van der Waals surface area contributed by atoms with Crippen molar-refractivity contribution >= 4 is 32.7 Å². The highest BCUT2D eigenvalue weighted by atomic mass is 35.5. The molecule has 0 fully saturated rings. The zero-order chi connectivity index (χ0) is 7.82. The van der Waals surface area contributed by atoms with Crippen molar-refractivity contribution in [2.24, 2.45) is 0 Å². The van der Waals surface area contributed by atoms with Gasteiger partial charge in [-0.15, -0.1) is 24.8 Å². The summed E-state index contributed by atoms with van der Waals surface area (Å²) < 4.78 is 35.0. The summed E-state index contributed by atoms with van der Waals surface area (Å²) in [4.78, 5) is 0. The zero-order valence-corrected chi connectivity index (χ0v) is 9.17. The van der Waals surface area contributed by atoms with Gasteiger partial charge in [0.25, 0.3) is 0 Å². The van der Waals surface area contributed by atoms with Gasteiger partial charge in [0.1, 0.15) is 0 Å². The number of alkyl halides is 3. The van der Waals surface area contributed by atoms with Crippen LogP contribution < -0.4 is 0 Å².